The maximum absolute atomic E-state index is 6.15. The Morgan fingerprint density at radius 2 is 1.42 bits per heavy atom. The number of furan rings is 1. The van der Waals surface area contributed by atoms with Crippen molar-refractivity contribution in [2.75, 3.05) is 4.90 Å². The van der Waals surface area contributed by atoms with E-state index in [1.165, 1.54) is 27.6 Å². The molecule has 0 saturated carbocycles. The van der Waals surface area contributed by atoms with Crippen molar-refractivity contribution in [3.63, 3.8) is 0 Å². The van der Waals surface area contributed by atoms with Gasteiger partial charge in [-0.1, -0.05) is 70.5 Å². The molecule has 0 fully saturated rings. The van der Waals surface area contributed by atoms with Crippen molar-refractivity contribution in [3.05, 3.63) is 125 Å². The number of rotatable bonds is 4. The highest BCUT2D eigenvalue weighted by Crippen LogP contribution is 2.40. The van der Waals surface area contributed by atoms with Gasteiger partial charge in [0, 0.05) is 32.3 Å². The molecule has 0 bridgehead atoms. The van der Waals surface area contributed by atoms with Crippen molar-refractivity contribution in [2.24, 2.45) is 0 Å². The zero-order valence-corrected chi connectivity index (χ0v) is 19.6. The van der Waals surface area contributed by atoms with Gasteiger partial charge in [-0.3, -0.25) is 0 Å². The molecule has 2 nitrogen and oxygen atoms in total. The minimum Gasteiger partial charge on any atom is -0.456 e. The summed E-state index contributed by atoms with van der Waals surface area (Å²) >= 11 is 3.57. The van der Waals surface area contributed by atoms with Crippen LogP contribution in [0.1, 0.15) is 18.4 Å². The number of hydrogen-bond acceptors (Lipinski definition) is 2. The van der Waals surface area contributed by atoms with Gasteiger partial charge in [0.2, 0.25) is 0 Å². The molecule has 0 saturated heterocycles. The lowest BCUT2D eigenvalue weighted by Gasteiger charge is -2.29. The number of hydrogen-bond donors (Lipinski definition) is 0. The molecule has 0 unspecified atom stereocenters. The number of allylic oxidation sites excluding steroid dienone is 3. The zero-order valence-electron chi connectivity index (χ0n) is 18.0. The van der Waals surface area contributed by atoms with Gasteiger partial charge in [-0.2, -0.15) is 0 Å². The lowest BCUT2D eigenvalue weighted by atomic mass is 9.92. The molecule has 0 atom stereocenters. The highest BCUT2D eigenvalue weighted by molar-refractivity contribution is 9.10. The van der Waals surface area contributed by atoms with E-state index in [1.807, 2.05) is 12.1 Å². The molecule has 160 valence electrons. The number of halogens is 1. The standard InChI is InChI=1S/C30H22BrNO/c31-22-16-18-24(19-17-22)32(23-9-2-1-3-10-23)25-11-6-8-21(20-25)26-13-7-15-29-30(26)27-12-4-5-14-28(27)33-29/h1-5,7,9-20H,6,8H2. The summed E-state index contributed by atoms with van der Waals surface area (Å²) in [6.45, 7) is 0. The van der Waals surface area contributed by atoms with Crippen molar-refractivity contribution in [2.45, 2.75) is 12.8 Å². The third-order valence-corrected chi connectivity index (χ3v) is 6.72. The summed E-state index contributed by atoms with van der Waals surface area (Å²) in [4.78, 5) is 2.33. The number of para-hydroxylation sites is 2. The van der Waals surface area contributed by atoms with E-state index in [9.17, 15) is 0 Å². The first-order chi connectivity index (χ1) is 16.3. The smallest absolute Gasteiger partial charge is 0.136 e. The van der Waals surface area contributed by atoms with Crippen molar-refractivity contribution in [1.29, 1.82) is 0 Å². The predicted octanol–water partition coefficient (Wildman–Crippen LogP) is 9.25. The highest BCUT2D eigenvalue weighted by Gasteiger charge is 2.19. The molecular weight excluding hydrogens is 470 g/mol. The minimum atomic E-state index is 0.938. The number of fused-ring (bicyclic) bond motifs is 3. The van der Waals surface area contributed by atoms with Gasteiger partial charge < -0.3 is 9.32 Å². The van der Waals surface area contributed by atoms with E-state index < -0.39 is 0 Å². The van der Waals surface area contributed by atoms with Gasteiger partial charge in [-0.15, -0.1) is 0 Å². The molecule has 3 heteroatoms. The molecule has 1 heterocycles. The molecule has 5 aromatic rings. The van der Waals surface area contributed by atoms with E-state index >= 15 is 0 Å². The van der Waals surface area contributed by atoms with E-state index in [2.05, 4.69) is 118 Å². The van der Waals surface area contributed by atoms with E-state index in [-0.39, 0.29) is 0 Å². The number of anilines is 2. The third kappa shape index (κ3) is 3.69. The Morgan fingerprint density at radius 3 is 2.27 bits per heavy atom. The Balaban J connectivity index is 1.50. The average molecular weight is 492 g/mol. The molecule has 0 radical (unpaired) electrons. The molecule has 0 spiro atoms. The van der Waals surface area contributed by atoms with Crippen LogP contribution in [-0.2, 0) is 0 Å². The Kier molecular flexibility index (Phi) is 5.12. The molecule has 1 aliphatic carbocycles. The van der Waals surface area contributed by atoms with Gasteiger partial charge in [-0.05, 0) is 78.6 Å². The molecular formula is C30H22BrNO. The topological polar surface area (TPSA) is 16.4 Å². The van der Waals surface area contributed by atoms with Gasteiger partial charge in [-0.25, -0.2) is 0 Å². The number of benzene rings is 4. The average Bonchev–Trinajstić information content (AvgIpc) is 3.25. The predicted molar refractivity (Wildman–Crippen MR) is 142 cm³/mol. The van der Waals surface area contributed by atoms with Crippen LogP contribution >= 0.6 is 15.9 Å². The van der Waals surface area contributed by atoms with Gasteiger partial charge in [0.15, 0.2) is 0 Å². The van der Waals surface area contributed by atoms with Crippen LogP contribution in [0.3, 0.4) is 0 Å². The van der Waals surface area contributed by atoms with Crippen LogP contribution in [0, 0.1) is 0 Å². The van der Waals surface area contributed by atoms with Crippen LogP contribution in [-0.4, -0.2) is 0 Å². The van der Waals surface area contributed by atoms with Crippen molar-refractivity contribution < 1.29 is 4.42 Å². The molecule has 0 amide bonds. The Morgan fingerprint density at radius 1 is 0.697 bits per heavy atom. The van der Waals surface area contributed by atoms with Crippen LogP contribution in [0.25, 0.3) is 27.5 Å². The fraction of sp³-hybridized carbons (Fsp3) is 0.0667. The summed E-state index contributed by atoms with van der Waals surface area (Å²) < 4.78 is 7.23. The second-order valence-corrected chi connectivity index (χ2v) is 9.18. The summed E-state index contributed by atoms with van der Waals surface area (Å²) in [5, 5.41) is 2.38. The van der Waals surface area contributed by atoms with Gasteiger partial charge >= 0.3 is 0 Å². The van der Waals surface area contributed by atoms with Crippen molar-refractivity contribution in [3.8, 4) is 0 Å². The lowest BCUT2D eigenvalue weighted by Crippen LogP contribution is -2.16. The molecule has 6 rings (SSSR count). The molecule has 4 aromatic carbocycles. The summed E-state index contributed by atoms with van der Waals surface area (Å²) in [5.74, 6) is 0. The first kappa shape index (κ1) is 20.1. The minimum absolute atomic E-state index is 0.938. The van der Waals surface area contributed by atoms with Crippen LogP contribution in [0.5, 0.6) is 0 Å². The quantitative estimate of drug-likeness (QED) is 0.249. The van der Waals surface area contributed by atoms with Gasteiger partial charge in [0.25, 0.3) is 0 Å². The van der Waals surface area contributed by atoms with E-state index in [0.717, 1.165) is 39.9 Å². The maximum Gasteiger partial charge on any atom is 0.136 e. The summed E-state index contributed by atoms with van der Waals surface area (Å²) in [7, 11) is 0. The van der Waals surface area contributed by atoms with Crippen LogP contribution in [0.2, 0.25) is 0 Å². The Labute approximate surface area is 201 Å². The largest absolute Gasteiger partial charge is 0.456 e. The number of nitrogens with zero attached hydrogens (tertiary/aromatic N) is 1. The molecule has 0 N–H and O–H groups in total. The van der Waals surface area contributed by atoms with E-state index in [1.54, 1.807) is 0 Å². The normalized spacial score (nSPS) is 13.7. The monoisotopic (exact) mass is 491 g/mol. The molecule has 0 aliphatic heterocycles. The first-order valence-electron chi connectivity index (χ1n) is 11.2. The fourth-order valence-electron chi connectivity index (χ4n) is 4.71. The second kappa shape index (κ2) is 8.42. The zero-order chi connectivity index (χ0) is 22.2. The highest BCUT2D eigenvalue weighted by atomic mass is 79.9. The summed E-state index contributed by atoms with van der Waals surface area (Å²) in [6.07, 6.45) is 6.68. The molecule has 1 aromatic heterocycles. The SMILES string of the molecule is Brc1ccc(N(C2=CCCC(c3cccc4oc5ccccc5c34)=C2)c2ccccc2)cc1. The van der Waals surface area contributed by atoms with E-state index in [0.29, 0.717) is 0 Å². The van der Waals surface area contributed by atoms with Gasteiger partial charge in [0.05, 0.1) is 0 Å². The van der Waals surface area contributed by atoms with E-state index in [4.69, 9.17) is 4.42 Å². The van der Waals surface area contributed by atoms with Crippen molar-refractivity contribution >= 4 is 54.8 Å². The Bertz CT molecular complexity index is 1510. The molecule has 1 aliphatic rings. The van der Waals surface area contributed by atoms with Gasteiger partial charge in [0.1, 0.15) is 11.2 Å². The fourth-order valence-corrected chi connectivity index (χ4v) is 4.97. The van der Waals surface area contributed by atoms with Crippen molar-refractivity contribution in [1.82, 2.24) is 0 Å². The molecule has 33 heavy (non-hydrogen) atoms. The summed E-state index contributed by atoms with van der Waals surface area (Å²) in [5.41, 5.74) is 7.95. The first-order valence-corrected chi connectivity index (χ1v) is 12.0. The Hall–Kier alpha value is -3.56. The summed E-state index contributed by atoms with van der Waals surface area (Å²) in [6, 6.07) is 33.8. The second-order valence-electron chi connectivity index (χ2n) is 8.26. The van der Waals surface area contributed by atoms with Crippen LogP contribution in [0.15, 0.2) is 124 Å². The van der Waals surface area contributed by atoms with Crippen LogP contribution < -0.4 is 4.90 Å². The lowest BCUT2D eigenvalue weighted by molar-refractivity contribution is 0.669. The third-order valence-electron chi connectivity index (χ3n) is 6.20. The maximum atomic E-state index is 6.15. The van der Waals surface area contributed by atoms with Crippen LogP contribution in [0.4, 0.5) is 11.4 Å².